The predicted molar refractivity (Wildman–Crippen MR) is 111 cm³/mol. The Morgan fingerprint density at radius 1 is 1.43 bits per heavy atom. The summed E-state index contributed by atoms with van der Waals surface area (Å²) >= 11 is 0. The second-order valence-corrected chi connectivity index (χ2v) is 7.03. The number of nitrogens with zero attached hydrogens (tertiary/aromatic N) is 3. The summed E-state index contributed by atoms with van der Waals surface area (Å²) in [6.07, 6.45) is 6.43. The number of halogens is 1. The first-order chi connectivity index (χ1) is 13.6. The molecule has 7 heteroatoms. The number of hydrogen-bond acceptors (Lipinski definition) is 5. The molecule has 1 unspecified atom stereocenters. The molecule has 0 amide bonds. The van der Waals surface area contributed by atoms with E-state index in [0.717, 1.165) is 40.4 Å². The van der Waals surface area contributed by atoms with Crippen LogP contribution in [0.5, 0.6) is 0 Å². The molecule has 2 aromatic heterocycles. The van der Waals surface area contributed by atoms with Gasteiger partial charge in [-0.3, -0.25) is 15.1 Å². The van der Waals surface area contributed by atoms with Gasteiger partial charge in [0.25, 0.3) is 0 Å². The quantitative estimate of drug-likeness (QED) is 0.608. The van der Waals surface area contributed by atoms with Crippen molar-refractivity contribution in [2.24, 2.45) is 10.7 Å². The highest BCUT2D eigenvalue weighted by Gasteiger charge is 2.27. The highest BCUT2D eigenvalue weighted by atomic mass is 19.1. The minimum absolute atomic E-state index is 0.172. The summed E-state index contributed by atoms with van der Waals surface area (Å²) in [5.41, 5.74) is 11.7. The minimum Gasteiger partial charge on any atom is -0.404 e. The average Bonchev–Trinajstić information content (AvgIpc) is 3.30. The summed E-state index contributed by atoms with van der Waals surface area (Å²) in [6, 6.07) is 4.15. The lowest BCUT2D eigenvalue weighted by Crippen LogP contribution is -2.13. The van der Waals surface area contributed by atoms with Crippen molar-refractivity contribution in [1.29, 1.82) is 0 Å². The molecule has 3 aromatic rings. The molecule has 1 atom stereocenters. The summed E-state index contributed by atoms with van der Waals surface area (Å²) in [7, 11) is 3.59. The van der Waals surface area contributed by atoms with Crippen LogP contribution in [-0.4, -0.2) is 35.5 Å². The van der Waals surface area contributed by atoms with Crippen LogP contribution in [0, 0.1) is 12.7 Å². The molecule has 4 rings (SSSR count). The third-order valence-corrected chi connectivity index (χ3v) is 5.43. The number of aromatic amines is 1. The van der Waals surface area contributed by atoms with Gasteiger partial charge in [-0.15, -0.1) is 0 Å². The summed E-state index contributed by atoms with van der Waals surface area (Å²) in [6.45, 7) is 1.93. The number of aryl methyl sites for hydroxylation is 1. The number of aliphatic imine (C=N–C) groups is 1. The van der Waals surface area contributed by atoms with Crippen LogP contribution >= 0.6 is 0 Å². The molecule has 0 aliphatic heterocycles. The second kappa shape index (κ2) is 7.16. The third kappa shape index (κ3) is 2.79. The number of rotatable bonds is 4. The number of allylic oxidation sites excluding steroid dienone is 1. The van der Waals surface area contributed by atoms with E-state index in [-0.39, 0.29) is 11.9 Å². The van der Waals surface area contributed by atoms with E-state index in [4.69, 9.17) is 5.73 Å². The summed E-state index contributed by atoms with van der Waals surface area (Å²) in [5, 5.41) is 11.4. The van der Waals surface area contributed by atoms with E-state index in [0.29, 0.717) is 22.5 Å². The Morgan fingerprint density at radius 3 is 2.96 bits per heavy atom. The van der Waals surface area contributed by atoms with Crippen molar-refractivity contribution in [3.8, 4) is 11.3 Å². The molecule has 1 aliphatic rings. The Hall–Kier alpha value is -3.06. The SMILES string of the molecule is CN=CC(=CN)c1n[nH]c2cnc(-c3c(C)cc4c(c3F)CCC4NC)cc12. The number of aromatic nitrogens is 3. The first-order valence-electron chi connectivity index (χ1n) is 9.27. The first kappa shape index (κ1) is 18.3. The molecule has 4 N–H and O–H groups in total. The molecule has 0 spiro atoms. The molecule has 0 saturated carbocycles. The van der Waals surface area contributed by atoms with Gasteiger partial charge in [0.2, 0.25) is 0 Å². The zero-order valence-corrected chi connectivity index (χ0v) is 16.2. The Bertz CT molecular complexity index is 1110. The highest BCUT2D eigenvalue weighted by molar-refractivity contribution is 6.13. The molecule has 2 heterocycles. The maximum Gasteiger partial charge on any atom is 0.136 e. The van der Waals surface area contributed by atoms with Crippen LogP contribution in [0.4, 0.5) is 4.39 Å². The van der Waals surface area contributed by atoms with E-state index in [2.05, 4.69) is 31.6 Å². The molecule has 1 aromatic carbocycles. The summed E-state index contributed by atoms with van der Waals surface area (Å²) in [4.78, 5) is 8.52. The standard InChI is InChI=1S/C21H23FN6/c1-11-6-14-13(4-5-16(14)25-3)20(22)19(11)17-7-15-18(10-26-17)27-28-21(15)12(8-23)9-24-2/h6-10,16,25H,4-5,23H2,1-3H3,(H,27,28). The fourth-order valence-corrected chi connectivity index (χ4v) is 4.06. The van der Waals surface area contributed by atoms with Crippen molar-refractivity contribution in [2.45, 2.75) is 25.8 Å². The number of pyridine rings is 1. The van der Waals surface area contributed by atoms with Gasteiger partial charge in [-0.25, -0.2) is 4.39 Å². The average molecular weight is 378 g/mol. The van der Waals surface area contributed by atoms with E-state index < -0.39 is 0 Å². The monoisotopic (exact) mass is 378 g/mol. The third-order valence-electron chi connectivity index (χ3n) is 5.43. The number of benzene rings is 1. The van der Waals surface area contributed by atoms with Crippen molar-refractivity contribution < 1.29 is 4.39 Å². The van der Waals surface area contributed by atoms with Gasteiger partial charge in [0.05, 0.1) is 17.4 Å². The maximum atomic E-state index is 15.5. The molecule has 144 valence electrons. The Morgan fingerprint density at radius 2 is 2.25 bits per heavy atom. The molecule has 0 saturated heterocycles. The molecule has 1 aliphatic carbocycles. The van der Waals surface area contributed by atoms with Crippen LogP contribution in [0.25, 0.3) is 27.7 Å². The normalized spacial score (nSPS) is 17.0. The second-order valence-electron chi connectivity index (χ2n) is 7.03. The van der Waals surface area contributed by atoms with Gasteiger partial charge in [0.15, 0.2) is 0 Å². The number of nitrogens with one attached hydrogen (secondary N) is 2. The molecular weight excluding hydrogens is 355 g/mol. The number of fused-ring (bicyclic) bond motifs is 2. The van der Waals surface area contributed by atoms with Crippen LogP contribution in [0.2, 0.25) is 0 Å². The Balaban J connectivity index is 1.89. The van der Waals surface area contributed by atoms with Crippen LogP contribution in [0.15, 0.2) is 29.5 Å². The van der Waals surface area contributed by atoms with Crippen molar-refractivity contribution >= 4 is 22.7 Å². The highest BCUT2D eigenvalue weighted by Crippen LogP contribution is 2.39. The molecule has 0 fully saturated rings. The van der Waals surface area contributed by atoms with Crippen molar-refractivity contribution in [2.75, 3.05) is 14.1 Å². The lowest BCUT2D eigenvalue weighted by Gasteiger charge is -2.15. The number of H-pyrrole nitrogens is 1. The summed E-state index contributed by atoms with van der Waals surface area (Å²) in [5.74, 6) is -0.172. The topological polar surface area (TPSA) is 92.0 Å². The van der Waals surface area contributed by atoms with E-state index in [9.17, 15) is 0 Å². The van der Waals surface area contributed by atoms with E-state index in [1.807, 2.05) is 20.0 Å². The maximum absolute atomic E-state index is 15.5. The van der Waals surface area contributed by atoms with Gasteiger partial charge >= 0.3 is 0 Å². The lowest BCUT2D eigenvalue weighted by atomic mass is 9.95. The van der Waals surface area contributed by atoms with Crippen LogP contribution < -0.4 is 11.1 Å². The fraction of sp³-hybridized carbons (Fsp3) is 0.286. The smallest absolute Gasteiger partial charge is 0.136 e. The van der Waals surface area contributed by atoms with E-state index in [1.54, 1.807) is 19.5 Å². The van der Waals surface area contributed by atoms with E-state index >= 15 is 4.39 Å². The van der Waals surface area contributed by atoms with Gasteiger partial charge in [0, 0.05) is 42.0 Å². The fourth-order valence-electron chi connectivity index (χ4n) is 4.06. The summed E-state index contributed by atoms with van der Waals surface area (Å²) < 4.78 is 15.5. The zero-order valence-electron chi connectivity index (χ0n) is 16.2. The number of hydrogen-bond donors (Lipinski definition) is 3. The Labute approximate surface area is 162 Å². The molecule has 0 bridgehead atoms. The predicted octanol–water partition coefficient (Wildman–Crippen LogP) is 3.28. The molecule has 0 radical (unpaired) electrons. The van der Waals surface area contributed by atoms with Crippen molar-refractivity contribution in [3.63, 3.8) is 0 Å². The van der Waals surface area contributed by atoms with E-state index in [1.165, 1.54) is 6.20 Å². The minimum atomic E-state index is -0.172. The Kier molecular flexibility index (Phi) is 4.68. The van der Waals surface area contributed by atoms with Crippen molar-refractivity contribution in [1.82, 2.24) is 20.5 Å². The molecule has 28 heavy (non-hydrogen) atoms. The van der Waals surface area contributed by atoms with Crippen LogP contribution in [0.1, 0.15) is 34.8 Å². The molecule has 6 nitrogen and oxygen atoms in total. The van der Waals surface area contributed by atoms with Gasteiger partial charge in [0.1, 0.15) is 11.5 Å². The lowest BCUT2D eigenvalue weighted by molar-refractivity contribution is 0.589. The van der Waals surface area contributed by atoms with Crippen LogP contribution in [0.3, 0.4) is 0 Å². The van der Waals surface area contributed by atoms with Gasteiger partial charge < -0.3 is 11.1 Å². The zero-order chi connectivity index (χ0) is 19.8. The largest absolute Gasteiger partial charge is 0.404 e. The van der Waals surface area contributed by atoms with Crippen molar-refractivity contribution in [3.05, 3.63) is 52.7 Å². The van der Waals surface area contributed by atoms with Gasteiger partial charge in [-0.1, -0.05) is 6.07 Å². The van der Waals surface area contributed by atoms with Gasteiger partial charge in [-0.2, -0.15) is 5.10 Å². The van der Waals surface area contributed by atoms with Gasteiger partial charge in [-0.05, 0) is 49.6 Å². The molecular formula is C21H23FN6. The first-order valence-corrected chi connectivity index (χ1v) is 9.27. The number of nitrogens with two attached hydrogens (primary N) is 1. The van der Waals surface area contributed by atoms with Crippen LogP contribution in [-0.2, 0) is 6.42 Å².